The van der Waals surface area contributed by atoms with Crippen LogP contribution in [0.1, 0.15) is 58.4 Å². The summed E-state index contributed by atoms with van der Waals surface area (Å²) in [5, 5.41) is 9.49. The van der Waals surface area contributed by atoms with Crippen molar-refractivity contribution in [2.75, 3.05) is 17.3 Å². The molecule has 1 aliphatic heterocycles. The zero-order valence-corrected chi connectivity index (χ0v) is 21.8. The number of thioether (sulfide) groups is 1. The third kappa shape index (κ3) is 5.27. The molecule has 1 atom stereocenters. The van der Waals surface area contributed by atoms with Crippen molar-refractivity contribution in [3.63, 3.8) is 0 Å². The number of aryl methyl sites for hydroxylation is 1. The first-order valence-corrected chi connectivity index (χ1v) is 13.2. The van der Waals surface area contributed by atoms with Gasteiger partial charge >= 0.3 is 0 Å². The van der Waals surface area contributed by atoms with Crippen molar-refractivity contribution in [1.29, 1.82) is 0 Å². The Morgan fingerprint density at radius 3 is 2.66 bits per heavy atom. The number of rotatable bonds is 8. The predicted octanol–water partition coefficient (Wildman–Crippen LogP) is 6.08. The summed E-state index contributed by atoms with van der Waals surface area (Å²) in [6.07, 6.45) is 0.402. The molecule has 8 heteroatoms. The summed E-state index contributed by atoms with van der Waals surface area (Å²) in [4.78, 5) is 19.9. The number of ether oxygens (including phenoxy) is 2. The summed E-state index contributed by atoms with van der Waals surface area (Å²) in [5.74, 6) is 2.32. The van der Waals surface area contributed by atoms with E-state index in [1.807, 2.05) is 50.2 Å². The maximum atomic E-state index is 13.4. The third-order valence-corrected chi connectivity index (χ3v) is 6.94. The Morgan fingerprint density at radius 2 is 1.94 bits per heavy atom. The van der Waals surface area contributed by atoms with Crippen LogP contribution < -0.4 is 14.4 Å². The topological polar surface area (TPSA) is 77.4 Å². The predicted molar refractivity (Wildman–Crippen MR) is 139 cm³/mol. The summed E-state index contributed by atoms with van der Waals surface area (Å²) in [6, 6.07) is 13.7. The van der Waals surface area contributed by atoms with Crippen LogP contribution in [0, 0.1) is 5.92 Å². The molecule has 2 aromatic carbocycles. The molecule has 1 amide bonds. The van der Waals surface area contributed by atoms with E-state index in [1.165, 1.54) is 0 Å². The number of hydrogen-bond acceptors (Lipinski definition) is 7. The molecule has 0 spiro atoms. The van der Waals surface area contributed by atoms with Crippen molar-refractivity contribution < 1.29 is 14.3 Å². The van der Waals surface area contributed by atoms with Gasteiger partial charge in [-0.05, 0) is 49.1 Å². The third-order valence-electron chi connectivity index (χ3n) is 5.68. The lowest BCUT2D eigenvalue weighted by Gasteiger charge is -2.31. The molecule has 0 aliphatic carbocycles. The fraction of sp³-hybridized carbons (Fsp3) is 0.407. The van der Waals surface area contributed by atoms with Crippen LogP contribution in [0.2, 0.25) is 0 Å². The highest BCUT2D eigenvalue weighted by Gasteiger charge is 2.37. The molecule has 3 aromatic rings. The molecule has 2 heterocycles. The fourth-order valence-corrected chi connectivity index (χ4v) is 4.68. The first-order valence-electron chi connectivity index (χ1n) is 12.2. The summed E-state index contributed by atoms with van der Waals surface area (Å²) in [7, 11) is 0. The normalized spacial score (nSPS) is 14.7. The number of anilines is 1. The molecule has 184 valence electrons. The van der Waals surface area contributed by atoms with Crippen LogP contribution in [0.3, 0.4) is 0 Å². The van der Waals surface area contributed by atoms with E-state index in [-0.39, 0.29) is 5.91 Å². The zero-order valence-electron chi connectivity index (χ0n) is 20.9. The summed E-state index contributed by atoms with van der Waals surface area (Å²) >= 11 is 1.55. The van der Waals surface area contributed by atoms with E-state index in [0.29, 0.717) is 41.4 Å². The number of nitrogens with zero attached hydrogens (tertiary/aromatic N) is 4. The van der Waals surface area contributed by atoms with E-state index in [4.69, 9.17) is 14.5 Å². The fourth-order valence-electron chi connectivity index (χ4n) is 3.95. The summed E-state index contributed by atoms with van der Waals surface area (Å²) < 4.78 is 12.5. The first kappa shape index (κ1) is 25.0. The summed E-state index contributed by atoms with van der Waals surface area (Å²) in [5.41, 5.74) is 3.94. The number of carbonyl (C=O) groups excluding carboxylic acids is 1. The van der Waals surface area contributed by atoms with Crippen molar-refractivity contribution in [1.82, 2.24) is 15.2 Å². The Hall–Kier alpha value is -3.13. The highest BCUT2D eigenvalue weighted by atomic mass is 32.2. The smallest absolute Gasteiger partial charge is 0.247 e. The van der Waals surface area contributed by atoms with E-state index in [2.05, 4.69) is 37.0 Å². The van der Waals surface area contributed by atoms with E-state index >= 15 is 0 Å². The molecule has 0 unspecified atom stereocenters. The van der Waals surface area contributed by atoms with Gasteiger partial charge in [0.15, 0.2) is 5.69 Å². The largest absolute Gasteiger partial charge is 0.493 e. The van der Waals surface area contributed by atoms with Gasteiger partial charge in [0.25, 0.3) is 0 Å². The maximum absolute atomic E-state index is 13.4. The number of fused-ring (bicyclic) bond motifs is 3. The molecular weight excluding hydrogens is 460 g/mol. The van der Waals surface area contributed by atoms with Gasteiger partial charge in [-0.25, -0.2) is 0 Å². The van der Waals surface area contributed by atoms with Crippen molar-refractivity contribution >= 4 is 23.4 Å². The second kappa shape index (κ2) is 11.1. The molecule has 4 rings (SSSR count). The van der Waals surface area contributed by atoms with Gasteiger partial charge in [0, 0.05) is 17.7 Å². The maximum Gasteiger partial charge on any atom is 0.247 e. The van der Waals surface area contributed by atoms with Crippen LogP contribution in [0.15, 0.2) is 47.6 Å². The Balaban J connectivity index is 1.94. The summed E-state index contributed by atoms with van der Waals surface area (Å²) in [6.45, 7) is 10.7. The van der Waals surface area contributed by atoms with E-state index < -0.39 is 6.23 Å². The standard InChI is InChI=1S/C27H32N4O3S/c1-6-18-13-14-21-20(15-18)24-25(28-27(30-29-24)35-16-17(4)5)34-26(31(21)23(32)7-2)19-11-9-10-12-22(19)33-8-3/h9-15,17,26H,6-8,16H2,1-5H3/t26-/m1/s1. The van der Waals surface area contributed by atoms with Gasteiger partial charge in [-0.3, -0.25) is 9.69 Å². The van der Waals surface area contributed by atoms with Crippen LogP contribution in [-0.2, 0) is 11.2 Å². The second-order valence-corrected chi connectivity index (χ2v) is 9.70. The van der Waals surface area contributed by atoms with Crippen molar-refractivity contribution in [3.8, 4) is 22.9 Å². The zero-order chi connectivity index (χ0) is 24.9. The molecule has 1 aliphatic rings. The molecule has 0 saturated carbocycles. The van der Waals surface area contributed by atoms with Crippen molar-refractivity contribution in [2.45, 2.75) is 58.8 Å². The Bertz CT molecular complexity index is 1200. The Kier molecular flexibility index (Phi) is 7.90. The minimum absolute atomic E-state index is 0.0676. The molecule has 0 fully saturated rings. The molecule has 0 saturated heterocycles. The average Bonchev–Trinajstić information content (AvgIpc) is 3.01. The van der Waals surface area contributed by atoms with Gasteiger partial charge in [0.05, 0.1) is 17.9 Å². The van der Waals surface area contributed by atoms with Crippen LogP contribution in [0.4, 0.5) is 5.69 Å². The van der Waals surface area contributed by atoms with Crippen LogP contribution >= 0.6 is 11.8 Å². The molecule has 7 nitrogen and oxygen atoms in total. The molecule has 0 radical (unpaired) electrons. The van der Waals surface area contributed by atoms with Gasteiger partial charge < -0.3 is 9.47 Å². The molecule has 35 heavy (non-hydrogen) atoms. The number of aromatic nitrogens is 3. The first-order chi connectivity index (χ1) is 17.0. The van der Waals surface area contributed by atoms with Crippen LogP contribution in [-0.4, -0.2) is 33.4 Å². The van der Waals surface area contributed by atoms with Crippen LogP contribution in [0.5, 0.6) is 11.6 Å². The molecule has 0 bridgehead atoms. The minimum atomic E-state index is -0.766. The van der Waals surface area contributed by atoms with Gasteiger partial charge in [0.1, 0.15) is 5.75 Å². The number of amides is 1. The van der Waals surface area contributed by atoms with Crippen LogP contribution in [0.25, 0.3) is 11.3 Å². The van der Waals surface area contributed by atoms with Gasteiger partial charge in [-0.1, -0.05) is 57.7 Å². The Labute approximate surface area is 211 Å². The molecular formula is C27H32N4O3S. The minimum Gasteiger partial charge on any atom is -0.493 e. The highest BCUT2D eigenvalue weighted by Crippen LogP contribution is 2.45. The quantitative estimate of drug-likeness (QED) is 0.353. The lowest BCUT2D eigenvalue weighted by atomic mass is 10.0. The number of hydrogen-bond donors (Lipinski definition) is 0. The molecule has 0 N–H and O–H groups in total. The monoisotopic (exact) mass is 492 g/mol. The van der Waals surface area contributed by atoms with Crippen molar-refractivity contribution in [2.24, 2.45) is 5.92 Å². The number of benzene rings is 2. The van der Waals surface area contributed by atoms with Gasteiger partial charge in [0.2, 0.25) is 23.2 Å². The van der Waals surface area contributed by atoms with Gasteiger partial charge in [-0.15, -0.1) is 10.2 Å². The molecule has 1 aromatic heterocycles. The van der Waals surface area contributed by atoms with E-state index in [0.717, 1.165) is 34.6 Å². The second-order valence-electron chi connectivity index (χ2n) is 8.72. The number of carbonyl (C=O) groups is 1. The Morgan fingerprint density at radius 1 is 1.14 bits per heavy atom. The van der Waals surface area contributed by atoms with E-state index in [1.54, 1.807) is 16.7 Å². The van der Waals surface area contributed by atoms with Crippen molar-refractivity contribution in [3.05, 3.63) is 53.6 Å². The highest BCUT2D eigenvalue weighted by molar-refractivity contribution is 7.99. The SMILES string of the molecule is CCOc1ccccc1[C@H]1Oc2nc(SCC(C)C)nnc2-c2cc(CC)ccc2N1C(=O)CC. The lowest BCUT2D eigenvalue weighted by molar-refractivity contribution is -0.120. The lowest BCUT2D eigenvalue weighted by Crippen LogP contribution is -2.37. The number of para-hydroxylation sites is 1. The van der Waals surface area contributed by atoms with E-state index in [9.17, 15) is 4.79 Å². The average molecular weight is 493 g/mol. The van der Waals surface area contributed by atoms with Gasteiger partial charge in [-0.2, -0.15) is 4.98 Å².